The zero-order chi connectivity index (χ0) is 10.8. The number of rotatable bonds is 2. The second-order valence-corrected chi connectivity index (χ2v) is 3.65. The van der Waals surface area contributed by atoms with Crippen LogP contribution < -0.4 is 0 Å². The van der Waals surface area contributed by atoms with Crippen molar-refractivity contribution >= 4 is 12.0 Å². The Morgan fingerprint density at radius 1 is 1.21 bits per heavy atom. The molecular formula is C9H9F3OS. The first-order valence-electron chi connectivity index (χ1n) is 3.88. The van der Waals surface area contributed by atoms with Gasteiger partial charge >= 0.3 is 6.36 Å². The predicted octanol–water partition coefficient (Wildman–Crippen LogP) is 3.85. The van der Waals surface area contributed by atoms with Gasteiger partial charge < -0.3 is 0 Å². The molecule has 1 nitrogen and oxygen atoms in total. The van der Waals surface area contributed by atoms with Gasteiger partial charge in [-0.15, -0.1) is 13.2 Å². The molecule has 0 bridgehead atoms. The van der Waals surface area contributed by atoms with Crippen molar-refractivity contribution in [2.24, 2.45) is 0 Å². The number of alkyl halides is 3. The first-order chi connectivity index (χ1) is 6.38. The second kappa shape index (κ2) is 4.23. The third-order valence-electron chi connectivity index (χ3n) is 1.56. The van der Waals surface area contributed by atoms with E-state index in [2.05, 4.69) is 4.18 Å². The van der Waals surface area contributed by atoms with E-state index in [4.69, 9.17) is 0 Å². The summed E-state index contributed by atoms with van der Waals surface area (Å²) in [6.45, 7) is 3.63. The first kappa shape index (κ1) is 11.4. The summed E-state index contributed by atoms with van der Waals surface area (Å²) in [6, 6.07) is 5.16. The molecule has 0 heterocycles. The summed E-state index contributed by atoms with van der Waals surface area (Å²) >= 11 is 0.338. The van der Waals surface area contributed by atoms with Crippen LogP contribution in [0.2, 0.25) is 0 Å². The summed E-state index contributed by atoms with van der Waals surface area (Å²) in [5.41, 5.74) is 1.79. The van der Waals surface area contributed by atoms with Gasteiger partial charge in [-0.25, -0.2) is 4.18 Å². The summed E-state index contributed by atoms with van der Waals surface area (Å²) in [5, 5.41) is 0. The van der Waals surface area contributed by atoms with Gasteiger partial charge in [-0.1, -0.05) is 17.7 Å². The largest absolute Gasteiger partial charge is 0.533 e. The van der Waals surface area contributed by atoms with Gasteiger partial charge in [0.05, 0.1) is 0 Å². The Morgan fingerprint density at radius 3 is 2.36 bits per heavy atom. The highest BCUT2D eigenvalue weighted by molar-refractivity contribution is 7.94. The van der Waals surface area contributed by atoms with Crippen LogP contribution in [0.1, 0.15) is 11.1 Å². The molecule has 1 aromatic carbocycles. The van der Waals surface area contributed by atoms with Gasteiger partial charge in [0.2, 0.25) is 0 Å². The van der Waals surface area contributed by atoms with Crippen molar-refractivity contribution < 1.29 is 17.4 Å². The molecule has 1 rings (SSSR count). The van der Waals surface area contributed by atoms with Crippen LogP contribution in [0, 0.1) is 13.8 Å². The molecule has 0 aliphatic carbocycles. The number of halogens is 3. The van der Waals surface area contributed by atoms with Gasteiger partial charge in [0.15, 0.2) is 0 Å². The van der Waals surface area contributed by atoms with Crippen molar-refractivity contribution in [2.45, 2.75) is 25.1 Å². The van der Waals surface area contributed by atoms with Gasteiger partial charge in [0, 0.05) is 16.9 Å². The lowest BCUT2D eigenvalue weighted by Crippen LogP contribution is -2.07. The van der Waals surface area contributed by atoms with Crippen molar-refractivity contribution in [3.05, 3.63) is 29.3 Å². The van der Waals surface area contributed by atoms with Crippen LogP contribution in [0.4, 0.5) is 13.2 Å². The van der Waals surface area contributed by atoms with Crippen LogP contribution in [-0.4, -0.2) is 6.36 Å². The number of aryl methyl sites for hydroxylation is 2. The fourth-order valence-electron chi connectivity index (χ4n) is 0.985. The molecule has 0 radical (unpaired) electrons. The molecule has 0 unspecified atom stereocenters. The van der Waals surface area contributed by atoms with Gasteiger partial charge in [-0.3, -0.25) is 0 Å². The van der Waals surface area contributed by atoms with Crippen LogP contribution in [0.25, 0.3) is 0 Å². The quantitative estimate of drug-likeness (QED) is 0.703. The van der Waals surface area contributed by atoms with E-state index in [1.165, 1.54) is 0 Å². The van der Waals surface area contributed by atoms with E-state index in [0.717, 1.165) is 11.1 Å². The molecule has 78 valence electrons. The molecule has 0 spiro atoms. The highest BCUT2D eigenvalue weighted by atomic mass is 32.2. The highest BCUT2D eigenvalue weighted by Crippen LogP contribution is 2.31. The number of benzene rings is 1. The van der Waals surface area contributed by atoms with E-state index in [1.807, 2.05) is 13.0 Å². The minimum atomic E-state index is -4.60. The average molecular weight is 222 g/mol. The Kier molecular flexibility index (Phi) is 3.44. The fraction of sp³-hybridized carbons (Fsp3) is 0.333. The van der Waals surface area contributed by atoms with E-state index in [-0.39, 0.29) is 0 Å². The molecule has 0 saturated heterocycles. The topological polar surface area (TPSA) is 9.23 Å². The predicted molar refractivity (Wildman–Crippen MR) is 48.9 cm³/mol. The minimum absolute atomic E-state index is 0.338. The Morgan fingerprint density at radius 2 is 1.86 bits per heavy atom. The number of hydrogen-bond acceptors (Lipinski definition) is 2. The summed E-state index contributed by atoms with van der Waals surface area (Å²) in [4.78, 5) is 0.480. The van der Waals surface area contributed by atoms with Gasteiger partial charge in [-0.05, 0) is 25.5 Å². The Balaban J connectivity index is 2.68. The average Bonchev–Trinajstić information content (AvgIpc) is 2.00. The maximum Gasteiger partial charge on any atom is 0.533 e. The lowest BCUT2D eigenvalue weighted by molar-refractivity contribution is -0.266. The molecule has 14 heavy (non-hydrogen) atoms. The van der Waals surface area contributed by atoms with Gasteiger partial charge in [0.1, 0.15) is 0 Å². The lowest BCUT2D eigenvalue weighted by Gasteiger charge is -2.07. The SMILES string of the molecule is Cc1ccc(SOC(F)(F)F)c(C)c1. The minimum Gasteiger partial charge on any atom is -0.215 e. The van der Waals surface area contributed by atoms with Crippen molar-refractivity contribution in [1.82, 2.24) is 0 Å². The smallest absolute Gasteiger partial charge is 0.215 e. The molecule has 5 heteroatoms. The maximum atomic E-state index is 11.7. The highest BCUT2D eigenvalue weighted by Gasteiger charge is 2.30. The lowest BCUT2D eigenvalue weighted by atomic mass is 10.2. The van der Waals surface area contributed by atoms with Crippen LogP contribution in [-0.2, 0) is 4.18 Å². The molecule has 0 aliphatic heterocycles. The van der Waals surface area contributed by atoms with Gasteiger partial charge in [-0.2, -0.15) is 0 Å². The molecule has 0 N–H and O–H groups in total. The molecule has 0 saturated carbocycles. The Labute approximate surface area is 84.5 Å². The second-order valence-electron chi connectivity index (χ2n) is 2.88. The molecule has 0 aromatic heterocycles. The van der Waals surface area contributed by atoms with E-state index in [9.17, 15) is 13.2 Å². The molecule has 0 amide bonds. The molecule has 0 fully saturated rings. The van der Waals surface area contributed by atoms with E-state index in [1.54, 1.807) is 19.1 Å². The van der Waals surface area contributed by atoms with Crippen molar-refractivity contribution in [2.75, 3.05) is 0 Å². The zero-order valence-corrected chi connectivity index (χ0v) is 8.50. The van der Waals surface area contributed by atoms with Crippen LogP contribution in [0.5, 0.6) is 0 Å². The van der Waals surface area contributed by atoms with Gasteiger partial charge in [0.25, 0.3) is 0 Å². The monoisotopic (exact) mass is 222 g/mol. The van der Waals surface area contributed by atoms with E-state index in [0.29, 0.717) is 16.9 Å². The zero-order valence-electron chi connectivity index (χ0n) is 7.68. The van der Waals surface area contributed by atoms with Crippen LogP contribution in [0.15, 0.2) is 23.1 Å². The molecule has 0 atom stereocenters. The summed E-state index contributed by atoms with van der Waals surface area (Å²) in [6.07, 6.45) is -4.60. The molecule has 0 aliphatic rings. The summed E-state index contributed by atoms with van der Waals surface area (Å²) in [7, 11) is 0. The normalized spacial score (nSPS) is 11.8. The van der Waals surface area contributed by atoms with Crippen molar-refractivity contribution in [3.8, 4) is 0 Å². The van der Waals surface area contributed by atoms with E-state index < -0.39 is 6.36 Å². The Bertz CT molecular complexity index is 322. The maximum absolute atomic E-state index is 11.7. The third kappa shape index (κ3) is 3.59. The first-order valence-corrected chi connectivity index (χ1v) is 4.62. The molecular weight excluding hydrogens is 213 g/mol. The standard InChI is InChI=1S/C9H9F3OS/c1-6-3-4-8(7(2)5-6)14-13-9(10,11)12/h3-5H,1-2H3. The molecule has 1 aromatic rings. The number of hydrogen-bond donors (Lipinski definition) is 0. The third-order valence-corrected chi connectivity index (χ3v) is 2.47. The van der Waals surface area contributed by atoms with Crippen LogP contribution >= 0.6 is 12.0 Å². The van der Waals surface area contributed by atoms with Crippen molar-refractivity contribution in [3.63, 3.8) is 0 Å². The summed E-state index contributed by atoms with van der Waals surface area (Å²) in [5.74, 6) is 0. The van der Waals surface area contributed by atoms with Crippen LogP contribution in [0.3, 0.4) is 0 Å². The van der Waals surface area contributed by atoms with E-state index >= 15 is 0 Å². The fourth-order valence-corrected chi connectivity index (χ4v) is 1.48. The Hall–Kier alpha value is -0.680. The van der Waals surface area contributed by atoms with Crippen molar-refractivity contribution in [1.29, 1.82) is 0 Å². The summed E-state index contributed by atoms with van der Waals surface area (Å²) < 4.78 is 38.8.